The molecular weight excluding hydrogens is 326 g/mol. The quantitative estimate of drug-likeness (QED) is 0.709. The molecule has 0 aliphatic rings. The second kappa shape index (κ2) is 8.76. The van der Waals surface area contributed by atoms with Crippen molar-refractivity contribution in [2.45, 2.75) is 19.4 Å². The van der Waals surface area contributed by atoms with Crippen LogP contribution in [0.25, 0.3) is 0 Å². The number of hydrogen-bond donors (Lipinski definition) is 1. The Morgan fingerprint density at radius 2 is 1.92 bits per heavy atom. The summed E-state index contributed by atoms with van der Waals surface area (Å²) in [7, 11) is 0. The first-order valence-corrected chi connectivity index (χ1v) is 8.57. The van der Waals surface area contributed by atoms with Gasteiger partial charge in [0, 0.05) is 31.2 Å². The molecule has 0 saturated heterocycles. The largest absolute Gasteiger partial charge is 0.470 e. The molecule has 0 radical (unpaired) electrons. The number of amides is 1. The molecule has 3 rings (SSSR count). The molecule has 1 N–H and O–H groups in total. The SMILES string of the molecule is C[C@H](Oc1ccc(C(=O)NCCc2cccnc2)cn1)c1ccccc1. The summed E-state index contributed by atoms with van der Waals surface area (Å²) in [6.45, 7) is 2.52. The van der Waals surface area contributed by atoms with Crippen LogP contribution < -0.4 is 10.1 Å². The lowest BCUT2D eigenvalue weighted by atomic mass is 10.1. The molecule has 1 aromatic carbocycles. The van der Waals surface area contributed by atoms with E-state index in [0.717, 1.165) is 17.5 Å². The monoisotopic (exact) mass is 347 g/mol. The van der Waals surface area contributed by atoms with E-state index in [4.69, 9.17) is 4.74 Å². The van der Waals surface area contributed by atoms with Gasteiger partial charge in [0.2, 0.25) is 5.88 Å². The minimum Gasteiger partial charge on any atom is -0.470 e. The van der Waals surface area contributed by atoms with Crippen LogP contribution >= 0.6 is 0 Å². The fourth-order valence-electron chi connectivity index (χ4n) is 2.53. The molecule has 0 spiro atoms. The number of hydrogen-bond acceptors (Lipinski definition) is 4. The summed E-state index contributed by atoms with van der Waals surface area (Å²) in [6, 6.07) is 17.2. The molecule has 5 nitrogen and oxygen atoms in total. The van der Waals surface area contributed by atoms with Crippen molar-refractivity contribution in [3.05, 3.63) is 89.9 Å². The lowest BCUT2D eigenvalue weighted by molar-refractivity contribution is 0.0953. The van der Waals surface area contributed by atoms with Crippen LogP contribution in [0.3, 0.4) is 0 Å². The van der Waals surface area contributed by atoms with Gasteiger partial charge >= 0.3 is 0 Å². The molecule has 26 heavy (non-hydrogen) atoms. The summed E-state index contributed by atoms with van der Waals surface area (Å²) in [4.78, 5) is 20.5. The zero-order chi connectivity index (χ0) is 18.2. The highest BCUT2D eigenvalue weighted by atomic mass is 16.5. The predicted octanol–water partition coefficient (Wildman–Crippen LogP) is 3.59. The van der Waals surface area contributed by atoms with Crippen LogP contribution in [-0.4, -0.2) is 22.4 Å². The zero-order valence-corrected chi connectivity index (χ0v) is 14.6. The molecule has 132 valence electrons. The highest BCUT2D eigenvalue weighted by Gasteiger charge is 2.09. The number of rotatable bonds is 7. The molecule has 0 bridgehead atoms. The van der Waals surface area contributed by atoms with Crippen molar-refractivity contribution in [3.8, 4) is 5.88 Å². The Morgan fingerprint density at radius 3 is 2.62 bits per heavy atom. The third-order valence-electron chi connectivity index (χ3n) is 3.99. The maximum absolute atomic E-state index is 12.2. The Balaban J connectivity index is 1.51. The Morgan fingerprint density at radius 1 is 1.08 bits per heavy atom. The summed E-state index contributed by atoms with van der Waals surface area (Å²) in [6.07, 6.45) is 5.70. The Bertz CT molecular complexity index is 821. The minimum absolute atomic E-state index is 0.108. The lowest BCUT2D eigenvalue weighted by Gasteiger charge is -2.14. The van der Waals surface area contributed by atoms with Gasteiger partial charge in [-0.15, -0.1) is 0 Å². The van der Waals surface area contributed by atoms with Crippen molar-refractivity contribution < 1.29 is 9.53 Å². The molecule has 0 aliphatic carbocycles. The Labute approximate surface area is 153 Å². The Hall–Kier alpha value is -3.21. The highest BCUT2D eigenvalue weighted by Crippen LogP contribution is 2.19. The summed E-state index contributed by atoms with van der Waals surface area (Å²) >= 11 is 0. The number of pyridine rings is 2. The number of ether oxygens (including phenoxy) is 1. The standard InChI is InChI=1S/C21H21N3O2/c1-16(18-7-3-2-4-8-18)26-20-10-9-19(15-24-20)21(25)23-13-11-17-6-5-12-22-14-17/h2-10,12,14-16H,11,13H2,1H3,(H,23,25)/t16-/m0/s1. The summed E-state index contributed by atoms with van der Waals surface area (Å²) < 4.78 is 5.82. The van der Waals surface area contributed by atoms with Gasteiger partial charge < -0.3 is 10.1 Å². The molecule has 1 atom stereocenters. The van der Waals surface area contributed by atoms with E-state index in [1.165, 1.54) is 6.20 Å². The van der Waals surface area contributed by atoms with Crippen LogP contribution in [0.5, 0.6) is 5.88 Å². The van der Waals surface area contributed by atoms with Crippen LogP contribution in [0.15, 0.2) is 73.2 Å². The molecule has 0 fully saturated rings. The van der Waals surface area contributed by atoms with Crippen LogP contribution in [0.4, 0.5) is 0 Å². The first-order chi connectivity index (χ1) is 12.7. The number of aromatic nitrogens is 2. The van der Waals surface area contributed by atoms with E-state index >= 15 is 0 Å². The van der Waals surface area contributed by atoms with Crippen LogP contribution in [-0.2, 0) is 6.42 Å². The number of nitrogens with one attached hydrogen (secondary N) is 1. The molecule has 1 amide bonds. The maximum Gasteiger partial charge on any atom is 0.252 e. The molecule has 0 unspecified atom stereocenters. The summed E-state index contributed by atoms with van der Waals surface area (Å²) in [5.41, 5.74) is 2.67. The van der Waals surface area contributed by atoms with E-state index in [0.29, 0.717) is 18.0 Å². The van der Waals surface area contributed by atoms with Gasteiger partial charge in [0.25, 0.3) is 5.91 Å². The van der Waals surface area contributed by atoms with E-state index in [1.54, 1.807) is 24.5 Å². The molecule has 2 heterocycles. The number of nitrogens with zero attached hydrogens (tertiary/aromatic N) is 2. The molecule has 2 aromatic heterocycles. The molecule has 5 heteroatoms. The van der Waals surface area contributed by atoms with E-state index in [9.17, 15) is 4.79 Å². The van der Waals surface area contributed by atoms with Crippen molar-refractivity contribution in [1.82, 2.24) is 15.3 Å². The van der Waals surface area contributed by atoms with Crippen molar-refractivity contribution in [1.29, 1.82) is 0 Å². The van der Waals surface area contributed by atoms with Gasteiger partial charge in [0.05, 0.1) is 5.56 Å². The molecule has 0 saturated carbocycles. The third-order valence-corrected chi connectivity index (χ3v) is 3.99. The number of carbonyl (C=O) groups excluding carboxylic acids is 1. The lowest BCUT2D eigenvalue weighted by Crippen LogP contribution is -2.25. The van der Waals surface area contributed by atoms with Gasteiger partial charge in [-0.2, -0.15) is 0 Å². The topological polar surface area (TPSA) is 64.1 Å². The smallest absolute Gasteiger partial charge is 0.252 e. The van der Waals surface area contributed by atoms with E-state index < -0.39 is 0 Å². The van der Waals surface area contributed by atoms with Gasteiger partial charge in [-0.3, -0.25) is 9.78 Å². The molecule has 3 aromatic rings. The second-order valence-electron chi connectivity index (χ2n) is 5.92. The van der Waals surface area contributed by atoms with Gasteiger partial charge in [-0.1, -0.05) is 36.4 Å². The van der Waals surface area contributed by atoms with Crippen molar-refractivity contribution in [2.75, 3.05) is 6.54 Å². The van der Waals surface area contributed by atoms with Crippen LogP contribution in [0.1, 0.15) is 34.5 Å². The molecular formula is C21H21N3O2. The van der Waals surface area contributed by atoms with Crippen LogP contribution in [0.2, 0.25) is 0 Å². The predicted molar refractivity (Wildman–Crippen MR) is 100.0 cm³/mol. The van der Waals surface area contributed by atoms with E-state index in [2.05, 4.69) is 15.3 Å². The first kappa shape index (κ1) is 17.6. The second-order valence-corrected chi connectivity index (χ2v) is 5.92. The number of benzene rings is 1. The van der Waals surface area contributed by atoms with Crippen molar-refractivity contribution in [2.24, 2.45) is 0 Å². The fourth-order valence-corrected chi connectivity index (χ4v) is 2.53. The zero-order valence-electron chi connectivity index (χ0n) is 14.6. The molecule has 0 aliphatic heterocycles. The van der Waals surface area contributed by atoms with Gasteiger partial charge in [-0.05, 0) is 36.6 Å². The van der Waals surface area contributed by atoms with E-state index in [-0.39, 0.29) is 12.0 Å². The third kappa shape index (κ3) is 4.89. The van der Waals surface area contributed by atoms with Crippen LogP contribution in [0, 0.1) is 0 Å². The van der Waals surface area contributed by atoms with Crippen molar-refractivity contribution in [3.63, 3.8) is 0 Å². The summed E-state index contributed by atoms with van der Waals surface area (Å²) in [5.74, 6) is 0.345. The Kier molecular flexibility index (Phi) is 5.93. The maximum atomic E-state index is 12.2. The van der Waals surface area contributed by atoms with Gasteiger partial charge in [0.1, 0.15) is 6.10 Å². The average Bonchev–Trinajstić information content (AvgIpc) is 2.70. The fraction of sp³-hybridized carbons (Fsp3) is 0.190. The summed E-state index contributed by atoms with van der Waals surface area (Å²) in [5, 5.41) is 2.89. The number of carbonyl (C=O) groups is 1. The van der Waals surface area contributed by atoms with Gasteiger partial charge in [-0.25, -0.2) is 4.98 Å². The van der Waals surface area contributed by atoms with Gasteiger partial charge in [0.15, 0.2) is 0 Å². The average molecular weight is 347 g/mol. The normalized spacial score (nSPS) is 11.6. The van der Waals surface area contributed by atoms with Crippen molar-refractivity contribution >= 4 is 5.91 Å². The minimum atomic E-state index is -0.149. The van der Waals surface area contributed by atoms with E-state index in [1.807, 2.05) is 49.4 Å². The highest BCUT2D eigenvalue weighted by molar-refractivity contribution is 5.93. The first-order valence-electron chi connectivity index (χ1n) is 8.57.